The smallest absolute Gasteiger partial charge is 0.231 e. The molecule has 2 aromatic rings. The number of likely N-dealkylation sites (N-methyl/N-ethyl adjacent to an activating group) is 1. The predicted octanol–water partition coefficient (Wildman–Crippen LogP) is 1.01. The van der Waals surface area contributed by atoms with Crippen LogP contribution in [0.15, 0.2) is 30.5 Å². The van der Waals surface area contributed by atoms with E-state index in [4.69, 9.17) is 14.2 Å². The number of ketones is 1. The summed E-state index contributed by atoms with van der Waals surface area (Å²) in [5.74, 6) is 1.97. The second-order valence-electron chi connectivity index (χ2n) is 7.33. The Kier molecular flexibility index (Phi) is 5.19. The molecule has 148 valence electrons. The van der Waals surface area contributed by atoms with Gasteiger partial charge in [0.15, 0.2) is 11.5 Å². The lowest BCUT2D eigenvalue weighted by Gasteiger charge is -2.32. The molecule has 1 unspecified atom stereocenters. The fraction of sp³-hybridized carbons (Fsp3) is 0.429. The number of quaternary nitrogens is 1. The maximum atomic E-state index is 12.8. The Hall–Kier alpha value is -2.64. The van der Waals surface area contributed by atoms with Gasteiger partial charge in [-0.1, -0.05) is 6.07 Å². The second-order valence-corrected chi connectivity index (χ2v) is 7.33. The van der Waals surface area contributed by atoms with Gasteiger partial charge in [0.25, 0.3) is 0 Å². The molecule has 7 nitrogen and oxygen atoms in total. The van der Waals surface area contributed by atoms with Gasteiger partial charge in [-0.05, 0) is 23.8 Å². The lowest BCUT2D eigenvalue weighted by atomic mass is 9.87. The van der Waals surface area contributed by atoms with Crippen molar-refractivity contribution in [2.75, 3.05) is 27.5 Å². The number of carbonyl (C=O) groups excluding carboxylic acids is 1. The number of carbonyl (C=O) groups is 1. The van der Waals surface area contributed by atoms with Crippen LogP contribution in [0.2, 0.25) is 0 Å². The molecule has 2 aliphatic heterocycles. The molecular weight excluding hydrogens is 360 g/mol. The topological polar surface area (TPSA) is 82.3 Å². The number of fused-ring (bicyclic) bond motifs is 2. The van der Waals surface area contributed by atoms with Crippen LogP contribution in [0.3, 0.4) is 0 Å². The van der Waals surface area contributed by atoms with Gasteiger partial charge in [-0.25, -0.2) is 0 Å². The molecule has 3 atom stereocenters. The van der Waals surface area contributed by atoms with Crippen LogP contribution in [0.4, 0.5) is 0 Å². The van der Waals surface area contributed by atoms with Gasteiger partial charge in [0.05, 0.1) is 38.4 Å². The number of hydrogen-bond donors (Lipinski definition) is 2. The van der Waals surface area contributed by atoms with Gasteiger partial charge in [-0.3, -0.25) is 9.78 Å². The fourth-order valence-corrected chi connectivity index (χ4v) is 4.10. The Morgan fingerprint density at radius 1 is 1.43 bits per heavy atom. The summed E-state index contributed by atoms with van der Waals surface area (Å²) in [5, 5.41) is 10.4. The van der Waals surface area contributed by atoms with Crippen molar-refractivity contribution in [3.63, 3.8) is 0 Å². The molecule has 1 aromatic carbocycles. The van der Waals surface area contributed by atoms with Gasteiger partial charge in [0, 0.05) is 19.0 Å². The summed E-state index contributed by atoms with van der Waals surface area (Å²) in [4.78, 5) is 18.2. The number of rotatable bonds is 6. The monoisotopic (exact) mass is 385 g/mol. The number of benzene rings is 1. The number of aliphatic hydroxyl groups excluding tert-OH is 1. The standard InChI is InChI=1S/C21H24N2O5/c1-23-8-6-13-9-18-20(28-12-27-18)21(26-2)19(13)16(23)10-14(24)11-17(25)15-5-3-4-7-22-15/h3-5,7,9,16-17,25H,6,8,10-12H2,1-2H3/p+1/t16-,17-/m0/s1. The Balaban J connectivity index is 1.58. The summed E-state index contributed by atoms with van der Waals surface area (Å²) in [6.07, 6.45) is 1.97. The molecule has 0 fully saturated rings. The Bertz CT molecular complexity index is 871. The van der Waals surface area contributed by atoms with Crippen molar-refractivity contribution in [1.29, 1.82) is 0 Å². The average molecular weight is 385 g/mol. The Labute approximate surface area is 163 Å². The number of Topliss-reactive ketones (excluding diaryl/α,β-unsaturated/α-hetero) is 1. The van der Waals surface area contributed by atoms with Gasteiger partial charge >= 0.3 is 0 Å². The van der Waals surface area contributed by atoms with E-state index in [0.29, 0.717) is 29.4 Å². The van der Waals surface area contributed by atoms with E-state index in [1.165, 1.54) is 4.90 Å². The van der Waals surface area contributed by atoms with Crippen LogP contribution in [0.1, 0.15) is 41.8 Å². The molecule has 2 aliphatic rings. The summed E-state index contributed by atoms with van der Waals surface area (Å²) in [6.45, 7) is 1.09. The molecule has 7 heteroatoms. The van der Waals surface area contributed by atoms with Crippen LogP contribution in [-0.4, -0.2) is 43.4 Å². The third-order valence-electron chi connectivity index (χ3n) is 5.56. The predicted molar refractivity (Wildman–Crippen MR) is 101 cm³/mol. The first-order valence-electron chi connectivity index (χ1n) is 9.50. The van der Waals surface area contributed by atoms with Gasteiger partial charge in [0.1, 0.15) is 17.9 Å². The van der Waals surface area contributed by atoms with Crippen LogP contribution >= 0.6 is 0 Å². The third-order valence-corrected chi connectivity index (χ3v) is 5.56. The maximum absolute atomic E-state index is 12.8. The highest BCUT2D eigenvalue weighted by molar-refractivity contribution is 5.80. The van der Waals surface area contributed by atoms with E-state index < -0.39 is 6.10 Å². The molecule has 0 bridgehead atoms. The van der Waals surface area contributed by atoms with Gasteiger partial charge < -0.3 is 24.2 Å². The minimum atomic E-state index is -0.893. The molecule has 0 saturated heterocycles. The molecule has 28 heavy (non-hydrogen) atoms. The van der Waals surface area contributed by atoms with Crippen LogP contribution in [0.5, 0.6) is 17.2 Å². The van der Waals surface area contributed by atoms with Crippen LogP contribution < -0.4 is 19.1 Å². The number of pyridine rings is 1. The van der Waals surface area contributed by atoms with Crippen molar-refractivity contribution >= 4 is 5.78 Å². The number of ether oxygens (including phenoxy) is 3. The van der Waals surface area contributed by atoms with E-state index in [2.05, 4.69) is 12.0 Å². The first-order chi connectivity index (χ1) is 13.6. The number of nitrogens with one attached hydrogen (secondary N) is 1. The summed E-state index contributed by atoms with van der Waals surface area (Å²) in [7, 11) is 3.70. The number of hydrogen-bond acceptors (Lipinski definition) is 6. The maximum Gasteiger partial charge on any atom is 0.231 e. The molecule has 4 rings (SSSR count). The molecule has 0 aliphatic carbocycles. The molecule has 0 saturated carbocycles. The van der Waals surface area contributed by atoms with E-state index >= 15 is 0 Å². The van der Waals surface area contributed by atoms with Crippen molar-refractivity contribution in [1.82, 2.24) is 4.98 Å². The van der Waals surface area contributed by atoms with Crippen molar-refractivity contribution in [2.45, 2.75) is 31.4 Å². The first kappa shape index (κ1) is 18.7. The minimum Gasteiger partial charge on any atom is -0.492 e. The van der Waals surface area contributed by atoms with Crippen LogP contribution in [0.25, 0.3) is 0 Å². The summed E-state index contributed by atoms with van der Waals surface area (Å²) < 4.78 is 16.8. The minimum absolute atomic E-state index is 0.00456. The molecule has 0 radical (unpaired) electrons. The molecule has 0 amide bonds. The molecular formula is C21H25N2O5+. The van der Waals surface area contributed by atoms with Crippen molar-refractivity contribution in [3.8, 4) is 17.2 Å². The Morgan fingerprint density at radius 3 is 3.04 bits per heavy atom. The summed E-state index contributed by atoms with van der Waals surface area (Å²) >= 11 is 0. The largest absolute Gasteiger partial charge is 0.492 e. The quantitative estimate of drug-likeness (QED) is 0.773. The number of aliphatic hydroxyl groups is 1. The average Bonchev–Trinajstić information content (AvgIpc) is 3.17. The lowest BCUT2D eigenvalue weighted by Crippen LogP contribution is -3.10. The van der Waals surface area contributed by atoms with Gasteiger partial charge in [0.2, 0.25) is 12.5 Å². The lowest BCUT2D eigenvalue weighted by molar-refractivity contribution is -0.914. The van der Waals surface area contributed by atoms with Gasteiger partial charge in [-0.15, -0.1) is 0 Å². The van der Waals surface area contributed by atoms with E-state index in [-0.39, 0.29) is 25.0 Å². The van der Waals surface area contributed by atoms with E-state index in [1.807, 2.05) is 6.07 Å². The van der Waals surface area contributed by atoms with Crippen LogP contribution in [-0.2, 0) is 11.2 Å². The molecule has 1 aromatic heterocycles. The number of methoxy groups -OCH3 is 1. The third kappa shape index (κ3) is 3.43. The number of aromatic nitrogens is 1. The highest BCUT2D eigenvalue weighted by Crippen LogP contribution is 2.47. The van der Waals surface area contributed by atoms with E-state index in [1.54, 1.807) is 31.5 Å². The highest BCUT2D eigenvalue weighted by Gasteiger charge is 2.37. The Morgan fingerprint density at radius 2 is 2.29 bits per heavy atom. The first-order valence-corrected chi connectivity index (χ1v) is 9.50. The normalized spacial score (nSPS) is 21.1. The van der Waals surface area contributed by atoms with Crippen molar-refractivity contribution in [2.24, 2.45) is 0 Å². The fourth-order valence-electron chi connectivity index (χ4n) is 4.10. The SMILES string of the molecule is COc1c2c(cc3c1[C@H](CC(=O)C[C@H](O)c1ccccn1)[NH+](C)CC3)OCO2. The van der Waals surface area contributed by atoms with Gasteiger partial charge in [-0.2, -0.15) is 0 Å². The summed E-state index contributed by atoms with van der Waals surface area (Å²) in [5.41, 5.74) is 2.66. The summed E-state index contributed by atoms with van der Waals surface area (Å²) in [6, 6.07) is 7.27. The zero-order chi connectivity index (χ0) is 19.7. The van der Waals surface area contributed by atoms with Crippen LogP contribution in [0, 0.1) is 0 Å². The van der Waals surface area contributed by atoms with Crippen molar-refractivity contribution in [3.05, 3.63) is 47.3 Å². The highest BCUT2D eigenvalue weighted by atomic mass is 16.7. The number of nitrogens with zero attached hydrogens (tertiary/aromatic N) is 1. The van der Waals surface area contributed by atoms with E-state index in [0.717, 1.165) is 24.1 Å². The second kappa shape index (κ2) is 7.77. The van der Waals surface area contributed by atoms with E-state index in [9.17, 15) is 9.90 Å². The molecule has 3 heterocycles. The molecule has 0 spiro atoms. The molecule has 2 N–H and O–H groups in total. The van der Waals surface area contributed by atoms with Crippen molar-refractivity contribution < 1.29 is 29.0 Å². The zero-order valence-corrected chi connectivity index (χ0v) is 16.1. The zero-order valence-electron chi connectivity index (χ0n) is 16.1.